The molecule has 0 aliphatic rings. The van der Waals surface area contributed by atoms with E-state index in [-0.39, 0.29) is 23.8 Å². The van der Waals surface area contributed by atoms with Crippen LogP contribution in [0.5, 0.6) is 0 Å². The zero-order valence-electron chi connectivity index (χ0n) is 22.0. The first-order chi connectivity index (χ1) is 17.7. The molecule has 0 fully saturated rings. The summed E-state index contributed by atoms with van der Waals surface area (Å²) in [6.07, 6.45) is 7.13. The molecular weight excluding hydrogens is 462 g/mol. The second kappa shape index (κ2) is 12.2. The van der Waals surface area contributed by atoms with Gasteiger partial charge in [0.15, 0.2) is 5.78 Å². The van der Waals surface area contributed by atoms with Crippen molar-refractivity contribution in [3.05, 3.63) is 89.6 Å². The van der Waals surface area contributed by atoms with Gasteiger partial charge in [0.05, 0.1) is 23.5 Å². The molecule has 0 unspecified atom stereocenters. The van der Waals surface area contributed by atoms with E-state index in [9.17, 15) is 9.59 Å². The van der Waals surface area contributed by atoms with Crippen molar-refractivity contribution in [2.75, 3.05) is 11.9 Å². The minimum atomic E-state index is -0.189. The van der Waals surface area contributed by atoms with E-state index in [1.165, 1.54) is 6.21 Å². The molecular formula is C30H35N5O2. The fourth-order valence-electron chi connectivity index (χ4n) is 3.74. The lowest BCUT2D eigenvalue weighted by molar-refractivity contribution is 0.0954. The van der Waals surface area contributed by atoms with E-state index < -0.39 is 0 Å². The Hall–Kier alpha value is -4.22. The summed E-state index contributed by atoms with van der Waals surface area (Å²) in [6.45, 7) is 12.2. The summed E-state index contributed by atoms with van der Waals surface area (Å²) in [5, 5.41) is 13.7. The van der Waals surface area contributed by atoms with Gasteiger partial charge < -0.3 is 20.6 Å². The van der Waals surface area contributed by atoms with Crippen molar-refractivity contribution in [2.24, 2.45) is 0 Å². The number of carbonyl (C=O) groups excluding carboxylic acids is 2. The molecule has 7 nitrogen and oxygen atoms in total. The Morgan fingerprint density at radius 2 is 1.97 bits per heavy atom. The van der Waals surface area contributed by atoms with Crippen molar-refractivity contribution in [2.45, 2.75) is 52.5 Å². The molecule has 3 N–H and O–H groups in total. The van der Waals surface area contributed by atoms with Gasteiger partial charge in [-0.1, -0.05) is 38.1 Å². The Morgan fingerprint density at radius 3 is 2.62 bits per heavy atom. The average molecular weight is 498 g/mol. The van der Waals surface area contributed by atoms with E-state index in [2.05, 4.69) is 48.7 Å². The molecule has 7 heteroatoms. The van der Waals surface area contributed by atoms with Crippen LogP contribution in [-0.4, -0.2) is 34.0 Å². The predicted octanol–water partition coefficient (Wildman–Crippen LogP) is 6.19. The van der Waals surface area contributed by atoms with Crippen LogP contribution in [0.4, 0.5) is 5.82 Å². The number of Topliss-reactive ketones (excluding diaryl/α,β-unsaturated/α-hetero) is 1. The molecule has 3 aromatic rings. The topological polar surface area (TPSA) is 99.9 Å². The third-order valence-corrected chi connectivity index (χ3v) is 5.96. The number of pyridine rings is 1. The monoisotopic (exact) mass is 497 g/mol. The van der Waals surface area contributed by atoms with Crippen LogP contribution < -0.4 is 10.6 Å². The Labute approximate surface area is 218 Å². The Bertz CT molecular complexity index is 1340. The number of aromatic nitrogens is 2. The van der Waals surface area contributed by atoms with Gasteiger partial charge in [-0.2, -0.15) is 0 Å². The number of ketones is 1. The van der Waals surface area contributed by atoms with Gasteiger partial charge in [-0.15, -0.1) is 5.73 Å². The number of benzene rings is 1. The van der Waals surface area contributed by atoms with Crippen LogP contribution in [0.2, 0.25) is 0 Å². The molecule has 0 aliphatic carbocycles. The standard InChI is InChI=1S/C30H35N5O2/c1-6-8-11-27(36)25-17-21(13-14-22(25)18-31)26-10-9-12-28(34-26)33-24(7-2)19-32-29(37)23-15-16-35(20-23)30(3,4)5/h9-10,12-18,20,31H,2,6,8,11,19H2,1,3-5H3,(H,32,37)(H,33,34). The van der Waals surface area contributed by atoms with Crippen LogP contribution in [0, 0.1) is 5.41 Å². The largest absolute Gasteiger partial charge is 0.348 e. The number of anilines is 1. The van der Waals surface area contributed by atoms with Crippen molar-refractivity contribution in [3.8, 4) is 11.3 Å². The SMILES string of the molecule is C=C=C(CNC(=O)c1ccn(C(C)(C)C)c1)Nc1cccc(-c2ccc(C=N)c(C(=O)CCCC)c2)n1. The summed E-state index contributed by atoms with van der Waals surface area (Å²) in [5.41, 5.74) is 6.49. The van der Waals surface area contributed by atoms with Gasteiger partial charge in [-0.3, -0.25) is 9.59 Å². The first-order valence-corrected chi connectivity index (χ1v) is 12.4. The van der Waals surface area contributed by atoms with Crippen LogP contribution in [0.1, 0.15) is 73.2 Å². The van der Waals surface area contributed by atoms with Gasteiger partial charge >= 0.3 is 0 Å². The van der Waals surface area contributed by atoms with E-state index >= 15 is 0 Å². The van der Waals surface area contributed by atoms with Gasteiger partial charge in [0.1, 0.15) is 5.82 Å². The lowest BCUT2D eigenvalue weighted by Gasteiger charge is -2.20. The summed E-state index contributed by atoms with van der Waals surface area (Å²) in [4.78, 5) is 30.0. The number of nitrogens with zero attached hydrogens (tertiary/aromatic N) is 2. The maximum Gasteiger partial charge on any atom is 0.253 e. The molecule has 192 valence electrons. The highest BCUT2D eigenvalue weighted by Gasteiger charge is 2.16. The Balaban J connectivity index is 1.72. The number of hydrogen-bond acceptors (Lipinski definition) is 5. The molecule has 0 aliphatic heterocycles. The maximum absolute atomic E-state index is 12.7. The highest BCUT2D eigenvalue weighted by molar-refractivity contribution is 6.04. The van der Waals surface area contributed by atoms with Crippen molar-refractivity contribution in [3.63, 3.8) is 0 Å². The highest BCUT2D eigenvalue weighted by Crippen LogP contribution is 2.24. The van der Waals surface area contributed by atoms with Crippen molar-refractivity contribution in [1.82, 2.24) is 14.9 Å². The van der Waals surface area contributed by atoms with E-state index in [1.54, 1.807) is 18.2 Å². The number of amides is 1. The summed E-state index contributed by atoms with van der Waals surface area (Å²) in [6, 6.07) is 12.8. The molecule has 0 spiro atoms. The lowest BCUT2D eigenvalue weighted by atomic mass is 9.97. The zero-order chi connectivity index (χ0) is 27.0. The maximum atomic E-state index is 12.7. The average Bonchev–Trinajstić information content (AvgIpc) is 3.40. The van der Waals surface area contributed by atoms with Crippen LogP contribution in [0.25, 0.3) is 11.3 Å². The van der Waals surface area contributed by atoms with Crippen molar-refractivity contribution in [1.29, 1.82) is 5.41 Å². The van der Waals surface area contributed by atoms with E-state index in [1.807, 2.05) is 48.1 Å². The minimum absolute atomic E-state index is 0.0296. The summed E-state index contributed by atoms with van der Waals surface area (Å²) in [5.74, 6) is 0.402. The van der Waals surface area contributed by atoms with Gasteiger partial charge in [0.25, 0.3) is 5.91 Å². The summed E-state index contributed by atoms with van der Waals surface area (Å²) >= 11 is 0. The normalized spacial score (nSPS) is 10.9. The molecule has 0 bridgehead atoms. The molecule has 0 saturated heterocycles. The summed E-state index contributed by atoms with van der Waals surface area (Å²) < 4.78 is 2.00. The molecule has 0 radical (unpaired) electrons. The first-order valence-electron chi connectivity index (χ1n) is 12.4. The van der Waals surface area contributed by atoms with E-state index in [0.29, 0.717) is 40.3 Å². The quantitative estimate of drug-likeness (QED) is 0.167. The van der Waals surface area contributed by atoms with Crippen LogP contribution in [-0.2, 0) is 5.54 Å². The van der Waals surface area contributed by atoms with Crippen molar-refractivity contribution < 1.29 is 9.59 Å². The Morgan fingerprint density at radius 1 is 1.19 bits per heavy atom. The smallest absolute Gasteiger partial charge is 0.253 e. The predicted molar refractivity (Wildman–Crippen MR) is 149 cm³/mol. The van der Waals surface area contributed by atoms with Crippen molar-refractivity contribution >= 4 is 23.7 Å². The zero-order valence-corrected chi connectivity index (χ0v) is 22.0. The van der Waals surface area contributed by atoms with Gasteiger partial charge in [0.2, 0.25) is 0 Å². The fourth-order valence-corrected chi connectivity index (χ4v) is 3.74. The second-order valence-corrected chi connectivity index (χ2v) is 9.82. The highest BCUT2D eigenvalue weighted by atomic mass is 16.1. The molecule has 0 saturated carbocycles. The third-order valence-electron chi connectivity index (χ3n) is 5.96. The molecule has 37 heavy (non-hydrogen) atoms. The minimum Gasteiger partial charge on any atom is -0.348 e. The number of hydrogen-bond donors (Lipinski definition) is 3. The molecule has 2 aromatic heterocycles. The fraction of sp³-hybridized carbons (Fsp3) is 0.300. The first kappa shape index (κ1) is 27.4. The van der Waals surface area contributed by atoms with Crippen LogP contribution in [0.3, 0.4) is 0 Å². The third kappa shape index (κ3) is 7.15. The van der Waals surface area contributed by atoms with Crippen LogP contribution >= 0.6 is 0 Å². The van der Waals surface area contributed by atoms with E-state index in [4.69, 9.17) is 5.41 Å². The molecule has 2 heterocycles. The number of unbranched alkanes of at least 4 members (excludes halogenated alkanes) is 1. The van der Waals surface area contributed by atoms with Gasteiger partial charge in [0, 0.05) is 47.3 Å². The van der Waals surface area contributed by atoms with Crippen LogP contribution in [0.15, 0.2) is 72.9 Å². The number of rotatable bonds is 11. The number of nitrogens with one attached hydrogen (secondary N) is 3. The second-order valence-electron chi connectivity index (χ2n) is 9.82. The molecule has 0 atom stereocenters. The molecule has 1 aromatic carbocycles. The summed E-state index contributed by atoms with van der Waals surface area (Å²) in [7, 11) is 0. The molecule has 1 amide bonds. The lowest BCUT2D eigenvalue weighted by Crippen LogP contribution is -2.27. The number of carbonyl (C=O) groups is 2. The van der Waals surface area contributed by atoms with Gasteiger partial charge in [-0.25, -0.2) is 4.98 Å². The molecule has 3 rings (SSSR count). The Kier molecular flexibility index (Phi) is 8.99. The van der Waals surface area contributed by atoms with E-state index in [0.717, 1.165) is 18.4 Å². The van der Waals surface area contributed by atoms with Gasteiger partial charge in [-0.05, 0) is 51.5 Å².